The molecule has 0 saturated heterocycles. The van der Waals surface area contributed by atoms with Gasteiger partial charge < -0.3 is 15.2 Å². The molecule has 0 aliphatic heterocycles. The molecule has 4 atom stereocenters. The largest absolute Gasteiger partial charge is 0.379 e. The summed E-state index contributed by atoms with van der Waals surface area (Å²) in [6.07, 6.45) is 2.56. The Balaban J connectivity index is 2.33. The Kier molecular flexibility index (Phi) is 4.56. The Bertz CT molecular complexity index is 198. The minimum Gasteiger partial charge on any atom is -0.379 e. The predicted molar refractivity (Wildman–Crippen MR) is 61.8 cm³/mol. The maximum absolute atomic E-state index is 6.02. The highest BCUT2D eigenvalue weighted by Gasteiger charge is 2.49. The lowest BCUT2D eigenvalue weighted by atomic mass is 9.62. The number of hydrogen-bond donors (Lipinski definition) is 1. The molecule has 3 heteroatoms. The molecule has 0 aromatic carbocycles. The molecule has 0 bridgehead atoms. The normalized spacial score (nSPS) is 37.4. The van der Waals surface area contributed by atoms with Crippen molar-refractivity contribution in [3.8, 4) is 0 Å². The molecule has 3 nitrogen and oxygen atoms in total. The topological polar surface area (TPSA) is 44.5 Å². The molecule has 2 N–H and O–H groups in total. The summed E-state index contributed by atoms with van der Waals surface area (Å²) in [5.74, 6) is 0. The van der Waals surface area contributed by atoms with Crippen LogP contribution in [-0.2, 0) is 9.47 Å². The van der Waals surface area contributed by atoms with Gasteiger partial charge in [-0.2, -0.15) is 0 Å². The van der Waals surface area contributed by atoms with E-state index >= 15 is 0 Å². The monoisotopic (exact) mass is 215 g/mol. The van der Waals surface area contributed by atoms with Crippen molar-refractivity contribution in [3.63, 3.8) is 0 Å². The Labute approximate surface area is 93.3 Å². The molecule has 90 valence electrons. The lowest BCUT2D eigenvalue weighted by Crippen LogP contribution is -2.61. The van der Waals surface area contributed by atoms with Crippen molar-refractivity contribution in [1.82, 2.24) is 0 Å². The lowest BCUT2D eigenvalue weighted by Gasteiger charge is -2.52. The van der Waals surface area contributed by atoms with Crippen LogP contribution in [0.1, 0.15) is 40.5 Å². The molecule has 15 heavy (non-hydrogen) atoms. The van der Waals surface area contributed by atoms with E-state index in [1.165, 1.54) is 0 Å². The zero-order chi connectivity index (χ0) is 11.5. The van der Waals surface area contributed by atoms with Gasteiger partial charge in [0.15, 0.2) is 0 Å². The SMILES string of the molecule is CCOCC(C)OC1CC(N)C1(C)CC. The first-order valence-electron chi connectivity index (χ1n) is 6.03. The molecule has 1 aliphatic carbocycles. The Hall–Kier alpha value is -0.120. The maximum Gasteiger partial charge on any atom is 0.0784 e. The summed E-state index contributed by atoms with van der Waals surface area (Å²) in [5, 5.41) is 0. The Morgan fingerprint density at radius 2 is 2.13 bits per heavy atom. The van der Waals surface area contributed by atoms with Crippen LogP contribution in [-0.4, -0.2) is 31.5 Å². The average molecular weight is 215 g/mol. The van der Waals surface area contributed by atoms with Crippen LogP contribution < -0.4 is 5.73 Å². The second kappa shape index (κ2) is 5.28. The first-order valence-corrected chi connectivity index (χ1v) is 6.03. The van der Waals surface area contributed by atoms with E-state index in [1.54, 1.807) is 0 Å². The van der Waals surface area contributed by atoms with Crippen molar-refractivity contribution in [3.05, 3.63) is 0 Å². The van der Waals surface area contributed by atoms with Crippen LogP contribution in [0.25, 0.3) is 0 Å². The van der Waals surface area contributed by atoms with Crippen molar-refractivity contribution < 1.29 is 9.47 Å². The van der Waals surface area contributed by atoms with Gasteiger partial charge >= 0.3 is 0 Å². The number of hydrogen-bond acceptors (Lipinski definition) is 3. The van der Waals surface area contributed by atoms with Gasteiger partial charge in [-0.3, -0.25) is 0 Å². The van der Waals surface area contributed by atoms with Gasteiger partial charge in [0.1, 0.15) is 0 Å². The van der Waals surface area contributed by atoms with E-state index < -0.39 is 0 Å². The van der Waals surface area contributed by atoms with Gasteiger partial charge in [0, 0.05) is 18.1 Å². The van der Waals surface area contributed by atoms with Gasteiger partial charge in [-0.05, 0) is 26.7 Å². The highest BCUT2D eigenvalue weighted by molar-refractivity contribution is 5.03. The van der Waals surface area contributed by atoms with Crippen molar-refractivity contribution in [2.45, 2.75) is 58.8 Å². The van der Waals surface area contributed by atoms with Crippen LogP contribution in [0.2, 0.25) is 0 Å². The smallest absolute Gasteiger partial charge is 0.0784 e. The molecule has 0 aromatic heterocycles. The van der Waals surface area contributed by atoms with E-state index in [9.17, 15) is 0 Å². The zero-order valence-corrected chi connectivity index (χ0v) is 10.5. The summed E-state index contributed by atoms with van der Waals surface area (Å²) >= 11 is 0. The standard InChI is InChI=1S/C12H25NO2/c1-5-12(4)10(13)7-11(12)15-9(3)8-14-6-2/h9-11H,5-8,13H2,1-4H3. The molecule has 1 aliphatic rings. The highest BCUT2D eigenvalue weighted by Crippen LogP contribution is 2.44. The lowest BCUT2D eigenvalue weighted by molar-refractivity contribution is -0.156. The minimum atomic E-state index is 0.167. The molecule has 1 rings (SSSR count). The van der Waals surface area contributed by atoms with E-state index in [1.807, 2.05) is 6.92 Å². The molecule has 0 aromatic rings. The van der Waals surface area contributed by atoms with Crippen LogP contribution in [0.15, 0.2) is 0 Å². The summed E-state index contributed by atoms with van der Waals surface area (Å²) in [7, 11) is 0. The Morgan fingerprint density at radius 1 is 1.47 bits per heavy atom. The maximum atomic E-state index is 6.02. The van der Waals surface area contributed by atoms with Crippen molar-refractivity contribution in [2.24, 2.45) is 11.1 Å². The molecule has 4 unspecified atom stereocenters. The highest BCUT2D eigenvalue weighted by atomic mass is 16.5. The fourth-order valence-electron chi connectivity index (χ4n) is 2.15. The van der Waals surface area contributed by atoms with Crippen LogP contribution in [0.3, 0.4) is 0 Å². The molecule has 0 amide bonds. The molecule has 0 radical (unpaired) electrons. The predicted octanol–water partition coefficient (Wildman–Crippen LogP) is 1.94. The van der Waals surface area contributed by atoms with Gasteiger partial charge in [0.25, 0.3) is 0 Å². The fourth-order valence-corrected chi connectivity index (χ4v) is 2.15. The quantitative estimate of drug-likeness (QED) is 0.736. The summed E-state index contributed by atoms with van der Waals surface area (Å²) in [6, 6.07) is 0.298. The number of rotatable bonds is 6. The first kappa shape index (κ1) is 12.9. The third-order valence-corrected chi connectivity index (χ3v) is 3.77. The van der Waals surface area contributed by atoms with Gasteiger partial charge in [-0.1, -0.05) is 13.8 Å². The summed E-state index contributed by atoms with van der Waals surface area (Å²) in [5.41, 5.74) is 6.19. The van der Waals surface area contributed by atoms with E-state index in [0.717, 1.165) is 19.4 Å². The fraction of sp³-hybridized carbons (Fsp3) is 1.00. The Morgan fingerprint density at radius 3 is 2.60 bits per heavy atom. The van der Waals surface area contributed by atoms with Gasteiger partial charge in [-0.15, -0.1) is 0 Å². The number of ether oxygens (including phenoxy) is 2. The minimum absolute atomic E-state index is 0.167. The van der Waals surface area contributed by atoms with Crippen LogP contribution >= 0.6 is 0 Å². The van der Waals surface area contributed by atoms with E-state index in [-0.39, 0.29) is 11.5 Å². The van der Waals surface area contributed by atoms with Gasteiger partial charge in [-0.25, -0.2) is 0 Å². The van der Waals surface area contributed by atoms with Gasteiger partial charge in [0.05, 0.1) is 18.8 Å². The summed E-state index contributed by atoms with van der Waals surface area (Å²) < 4.78 is 11.3. The van der Waals surface area contributed by atoms with E-state index in [2.05, 4.69) is 20.8 Å². The second-order valence-corrected chi connectivity index (χ2v) is 4.80. The zero-order valence-electron chi connectivity index (χ0n) is 10.5. The van der Waals surface area contributed by atoms with Crippen molar-refractivity contribution in [2.75, 3.05) is 13.2 Å². The molecular weight excluding hydrogens is 190 g/mol. The molecule has 1 fully saturated rings. The molecule has 0 heterocycles. The van der Waals surface area contributed by atoms with Crippen LogP contribution in [0.4, 0.5) is 0 Å². The average Bonchev–Trinajstić information content (AvgIpc) is 2.24. The first-order chi connectivity index (χ1) is 7.04. The van der Waals surface area contributed by atoms with Gasteiger partial charge in [0.2, 0.25) is 0 Å². The number of nitrogens with two attached hydrogens (primary N) is 1. The molecule has 1 saturated carbocycles. The summed E-state index contributed by atoms with van der Waals surface area (Å²) in [6.45, 7) is 9.91. The van der Waals surface area contributed by atoms with E-state index in [0.29, 0.717) is 18.8 Å². The third-order valence-electron chi connectivity index (χ3n) is 3.77. The third kappa shape index (κ3) is 2.71. The summed E-state index contributed by atoms with van der Waals surface area (Å²) in [4.78, 5) is 0. The second-order valence-electron chi connectivity index (χ2n) is 4.80. The van der Waals surface area contributed by atoms with Crippen LogP contribution in [0, 0.1) is 5.41 Å². The van der Waals surface area contributed by atoms with Crippen molar-refractivity contribution >= 4 is 0 Å². The van der Waals surface area contributed by atoms with E-state index in [4.69, 9.17) is 15.2 Å². The van der Waals surface area contributed by atoms with Crippen LogP contribution in [0.5, 0.6) is 0 Å². The molecular formula is C12H25NO2. The van der Waals surface area contributed by atoms with Crippen molar-refractivity contribution in [1.29, 1.82) is 0 Å². The molecule has 0 spiro atoms.